The first kappa shape index (κ1) is 16.6. The van der Waals surface area contributed by atoms with Crippen LogP contribution in [0.1, 0.15) is 37.7 Å². The Morgan fingerprint density at radius 3 is 2.79 bits per heavy atom. The Bertz CT molecular complexity index is 810. The Morgan fingerprint density at radius 1 is 1.29 bits per heavy atom. The van der Waals surface area contributed by atoms with Crippen molar-refractivity contribution in [2.75, 3.05) is 6.54 Å². The quantitative estimate of drug-likeness (QED) is 0.783. The third-order valence-electron chi connectivity index (χ3n) is 4.66. The maximum Gasteiger partial charge on any atom is 0.251 e. The van der Waals surface area contributed by atoms with Crippen LogP contribution < -0.4 is 10.9 Å². The normalized spacial score (nSPS) is 16.4. The van der Waals surface area contributed by atoms with E-state index in [0.29, 0.717) is 30.3 Å². The molecule has 0 unspecified atom stereocenters. The van der Waals surface area contributed by atoms with Gasteiger partial charge >= 0.3 is 0 Å². The zero-order chi connectivity index (χ0) is 17.2. The molecule has 1 aromatic heterocycles. The molecule has 1 saturated carbocycles. The largest absolute Gasteiger partial charge is 0.388 e. The van der Waals surface area contributed by atoms with Gasteiger partial charge in [-0.1, -0.05) is 12.8 Å². The van der Waals surface area contributed by atoms with Gasteiger partial charge in [-0.25, -0.2) is 4.39 Å². The van der Waals surface area contributed by atoms with Gasteiger partial charge in [0.2, 0.25) is 5.91 Å². The van der Waals surface area contributed by atoms with Crippen molar-refractivity contribution < 1.29 is 14.3 Å². The van der Waals surface area contributed by atoms with Crippen molar-refractivity contribution in [2.24, 2.45) is 0 Å². The number of H-pyrrole nitrogens is 1. The van der Waals surface area contributed by atoms with Crippen molar-refractivity contribution in [1.29, 1.82) is 0 Å². The number of carbonyl (C=O) groups excluding carboxylic acids is 1. The number of pyridine rings is 1. The molecule has 0 radical (unpaired) electrons. The summed E-state index contributed by atoms with van der Waals surface area (Å²) < 4.78 is 13.2. The van der Waals surface area contributed by atoms with E-state index in [1.165, 1.54) is 12.1 Å². The standard InChI is InChI=1S/C18H21FN2O3/c19-14-5-3-12-9-13(17(23)21-15(12)10-14)4-6-16(22)20-11-18(24)7-1-2-8-18/h3,5,9-10,24H,1-2,4,6-8,11H2,(H,20,22)(H,21,23). The first-order chi connectivity index (χ1) is 11.5. The topological polar surface area (TPSA) is 82.2 Å². The van der Waals surface area contributed by atoms with Crippen LogP contribution in [0.4, 0.5) is 4.39 Å². The van der Waals surface area contributed by atoms with Crippen molar-refractivity contribution in [3.8, 4) is 0 Å². The van der Waals surface area contributed by atoms with Crippen molar-refractivity contribution in [3.05, 3.63) is 46.0 Å². The van der Waals surface area contributed by atoms with Crippen LogP contribution in [0.5, 0.6) is 0 Å². The summed E-state index contributed by atoms with van der Waals surface area (Å²) >= 11 is 0. The summed E-state index contributed by atoms with van der Waals surface area (Å²) in [7, 11) is 0. The number of nitrogens with one attached hydrogen (secondary N) is 2. The molecule has 0 spiro atoms. The molecule has 1 aliphatic rings. The van der Waals surface area contributed by atoms with Crippen LogP contribution in [0, 0.1) is 5.82 Å². The lowest BCUT2D eigenvalue weighted by Gasteiger charge is -2.22. The molecule has 3 rings (SSSR count). The molecule has 0 atom stereocenters. The zero-order valence-corrected chi connectivity index (χ0v) is 13.4. The molecule has 1 aromatic carbocycles. The molecule has 0 saturated heterocycles. The predicted octanol–water partition coefficient (Wildman–Crippen LogP) is 2.02. The number of aryl methyl sites for hydroxylation is 1. The molecule has 2 aromatic rings. The second-order valence-electron chi connectivity index (χ2n) is 6.56. The van der Waals surface area contributed by atoms with Gasteiger partial charge in [0.25, 0.3) is 5.56 Å². The predicted molar refractivity (Wildman–Crippen MR) is 89.3 cm³/mol. The Morgan fingerprint density at radius 2 is 2.04 bits per heavy atom. The second-order valence-corrected chi connectivity index (χ2v) is 6.56. The first-order valence-corrected chi connectivity index (χ1v) is 8.26. The molecular formula is C18H21FN2O3. The highest BCUT2D eigenvalue weighted by Crippen LogP contribution is 2.28. The SMILES string of the molecule is O=C(CCc1cc2ccc(F)cc2[nH]c1=O)NCC1(O)CCCC1. The number of aromatic amines is 1. The van der Waals surface area contributed by atoms with Gasteiger partial charge in [0.05, 0.1) is 11.1 Å². The number of aliphatic hydroxyl groups is 1. The van der Waals surface area contributed by atoms with Gasteiger partial charge in [0, 0.05) is 18.5 Å². The Kier molecular flexibility index (Phi) is 4.66. The van der Waals surface area contributed by atoms with Crippen LogP contribution in [0.3, 0.4) is 0 Å². The number of benzene rings is 1. The summed E-state index contributed by atoms with van der Waals surface area (Å²) in [5.74, 6) is -0.593. The number of aromatic nitrogens is 1. The van der Waals surface area contributed by atoms with Crippen molar-refractivity contribution in [3.63, 3.8) is 0 Å². The fourth-order valence-electron chi connectivity index (χ4n) is 3.21. The molecule has 0 bridgehead atoms. The van der Waals surface area contributed by atoms with Crippen molar-refractivity contribution >= 4 is 16.8 Å². The molecule has 6 heteroatoms. The fraction of sp³-hybridized carbons (Fsp3) is 0.444. The minimum atomic E-state index is -0.778. The highest BCUT2D eigenvalue weighted by atomic mass is 19.1. The fourth-order valence-corrected chi connectivity index (χ4v) is 3.21. The molecule has 1 fully saturated rings. The van der Waals surface area contributed by atoms with Gasteiger partial charge in [0.15, 0.2) is 0 Å². The third-order valence-corrected chi connectivity index (χ3v) is 4.66. The summed E-state index contributed by atoms with van der Waals surface area (Å²) in [4.78, 5) is 26.6. The summed E-state index contributed by atoms with van der Waals surface area (Å²) in [6, 6.07) is 5.89. The highest BCUT2D eigenvalue weighted by Gasteiger charge is 2.31. The van der Waals surface area contributed by atoms with Crippen LogP contribution in [0.2, 0.25) is 0 Å². The number of hydrogen-bond donors (Lipinski definition) is 3. The van der Waals surface area contributed by atoms with E-state index in [4.69, 9.17) is 0 Å². The van der Waals surface area contributed by atoms with E-state index < -0.39 is 11.4 Å². The van der Waals surface area contributed by atoms with E-state index >= 15 is 0 Å². The van der Waals surface area contributed by atoms with E-state index in [1.54, 1.807) is 12.1 Å². The molecule has 128 valence electrons. The van der Waals surface area contributed by atoms with Gasteiger partial charge in [0.1, 0.15) is 5.82 Å². The maximum atomic E-state index is 13.2. The van der Waals surface area contributed by atoms with E-state index in [0.717, 1.165) is 18.2 Å². The van der Waals surface area contributed by atoms with Crippen LogP contribution >= 0.6 is 0 Å². The molecule has 1 amide bonds. The van der Waals surface area contributed by atoms with Crippen molar-refractivity contribution in [1.82, 2.24) is 10.3 Å². The summed E-state index contributed by atoms with van der Waals surface area (Å²) in [5.41, 5.74) is -0.156. The molecule has 5 nitrogen and oxygen atoms in total. The van der Waals surface area contributed by atoms with Crippen LogP contribution in [0.25, 0.3) is 10.9 Å². The summed E-state index contributed by atoms with van der Waals surface area (Å²) in [6.07, 6.45) is 3.87. The average Bonchev–Trinajstić information content (AvgIpc) is 2.98. The number of carbonyl (C=O) groups is 1. The number of amides is 1. The van der Waals surface area contributed by atoms with E-state index in [-0.39, 0.29) is 24.4 Å². The Hall–Kier alpha value is -2.21. The molecule has 24 heavy (non-hydrogen) atoms. The Balaban J connectivity index is 1.60. The molecule has 0 aliphatic heterocycles. The van der Waals surface area contributed by atoms with Crippen LogP contribution in [0.15, 0.2) is 29.1 Å². The molecule has 1 heterocycles. The first-order valence-electron chi connectivity index (χ1n) is 8.26. The number of halogens is 1. The lowest BCUT2D eigenvalue weighted by Crippen LogP contribution is -2.40. The molecule has 1 aliphatic carbocycles. The smallest absolute Gasteiger partial charge is 0.251 e. The van der Waals surface area contributed by atoms with Gasteiger partial charge < -0.3 is 15.4 Å². The Labute approximate surface area is 138 Å². The lowest BCUT2D eigenvalue weighted by molar-refractivity contribution is -0.122. The van der Waals surface area contributed by atoms with Gasteiger partial charge in [-0.15, -0.1) is 0 Å². The minimum Gasteiger partial charge on any atom is -0.388 e. The summed E-state index contributed by atoms with van der Waals surface area (Å²) in [6.45, 7) is 0.263. The zero-order valence-electron chi connectivity index (χ0n) is 13.4. The van der Waals surface area contributed by atoms with E-state index in [1.807, 2.05) is 0 Å². The molecular weight excluding hydrogens is 311 g/mol. The van der Waals surface area contributed by atoms with Gasteiger partial charge in [-0.2, -0.15) is 0 Å². The monoisotopic (exact) mass is 332 g/mol. The van der Waals surface area contributed by atoms with E-state index in [9.17, 15) is 19.1 Å². The van der Waals surface area contributed by atoms with Gasteiger partial charge in [-0.05, 0) is 48.9 Å². The number of fused-ring (bicyclic) bond motifs is 1. The van der Waals surface area contributed by atoms with Crippen LogP contribution in [-0.4, -0.2) is 28.1 Å². The average molecular weight is 332 g/mol. The highest BCUT2D eigenvalue weighted by molar-refractivity contribution is 5.79. The number of rotatable bonds is 5. The summed E-state index contributed by atoms with van der Waals surface area (Å²) in [5, 5.41) is 13.7. The van der Waals surface area contributed by atoms with Crippen LogP contribution in [-0.2, 0) is 11.2 Å². The lowest BCUT2D eigenvalue weighted by atomic mass is 10.0. The third kappa shape index (κ3) is 3.82. The van der Waals surface area contributed by atoms with Crippen molar-refractivity contribution in [2.45, 2.75) is 44.1 Å². The maximum absolute atomic E-state index is 13.2. The second kappa shape index (κ2) is 6.73. The minimum absolute atomic E-state index is 0.172. The van der Waals surface area contributed by atoms with Gasteiger partial charge in [-0.3, -0.25) is 9.59 Å². The molecule has 3 N–H and O–H groups in total. The van der Waals surface area contributed by atoms with E-state index in [2.05, 4.69) is 10.3 Å². The number of hydrogen-bond acceptors (Lipinski definition) is 3.